The minimum atomic E-state index is -1.21. The molecular weight excluding hydrogens is 314 g/mol. The summed E-state index contributed by atoms with van der Waals surface area (Å²) in [6, 6.07) is 8.41. The van der Waals surface area contributed by atoms with Crippen LogP contribution in [0.3, 0.4) is 0 Å². The molecule has 1 atom stereocenters. The Labute approximate surface area is 139 Å². The second-order valence-corrected chi connectivity index (χ2v) is 4.83. The van der Waals surface area contributed by atoms with E-state index in [9.17, 15) is 14.4 Å². The van der Waals surface area contributed by atoms with E-state index >= 15 is 0 Å². The van der Waals surface area contributed by atoms with Gasteiger partial charge in [0, 0.05) is 5.56 Å². The Balaban J connectivity index is 2.37. The van der Waals surface area contributed by atoms with Gasteiger partial charge in [-0.2, -0.15) is 10.0 Å². The second-order valence-electron chi connectivity index (χ2n) is 4.83. The number of amidine groups is 1. The first-order chi connectivity index (χ1) is 11.5. The molecule has 8 heteroatoms. The van der Waals surface area contributed by atoms with Gasteiger partial charge in [-0.25, -0.2) is 14.6 Å². The van der Waals surface area contributed by atoms with Gasteiger partial charge in [0.1, 0.15) is 5.84 Å². The van der Waals surface area contributed by atoms with E-state index < -0.39 is 24.1 Å². The first kappa shape index (κ1) is 17.5. The standard InChI is InChI=1S/C16H19N3O5/c1-4-23-15(21)18-11(3)17-14(19(18)16(22)24-5-2)13(20)12-9-7-6-8-10-12/h6-10,14H,4-5H2,1-3H3. The third-order valence-corrected chi connectivity index (χ3v) is 3.25. The number of carbonyl (C=O) groups is 3. The summed E-state index contributed by atoms with van der Waals surface area (Å²) in [6.07, 6.45) is -2.86. The topological polar surface area (TPSA) is 88.5 Å². The Bertz CT molecular complexity index is 659. The van der Waals surface area contributed by atoms with Crippen LogP contribution >= 0.6 is 0 Å². The fraction of sp³-hybridized carbons (Fsp3) is 0.375. The lowest BCUT2D eigenvalue weighted by atomic mass is 10.1. The molecule has 1 aromatic carbocycles. The molecule has 8 nitrogen and oxygen atoms in total. The Hall–Kier alpha value is -2.90. The van der Waals surface area contributed by atoms with E-state index in [1.807, 2.05) is 0 Å². The van der Waals surface area contributed by atoms with Crippen molar-refractivity contribution < 1.29 is 23.9 Å². The molecular formula is C16H19N3O5. The largest absolute Gasteiger partial charge is 0.448 e. The first-order valence-corrected chi connectivity index (χ1v) is 7.57. The molecule has 1 unspecified atom stereocenters. The van der Waals surface area contributed by atoms with E-state index in [-0.39, 0.29) is 19.0 Å². The molecule has 24 heavy (non-hydrogen) atoms. The number of hydrogen-bond acceptors (Lipinski definition) is 6. The Morgan fingerprint density at radius 2 is 1.62 bits per heavy atom. The van der Waals surface area contributed by atoms with Crippen molar-refractivity contribution in [3.63, 3.8) is 0 Å². The average Bonchev–Trinajstić information content (AvgIpc) is 2.93. The van der Waals surface area contributed by atoms with E-state index in [2.05, 4.69) is 4.99 Å². The summed E-state index contributed by atoms with van der Waals surface area (Å²) in [4.78, 5) is 41.3. The minimum absolute atomic E-state index is 0.0945. The fourth-order valence-electron chi connectivity index (χ4n) is 2.25. The van der Waals surface area contributed by atoms with Crippen LogP contribution in [0, 0.1) is 0 Å². The molecule has 0 radical (unpaired) electrons. The van der Waals surface area contributed by atoms with Crippen molar-refractivity contribution >= 4 is 23.8 Å². The van der Waals surface area contributed by atoms with Gasteiger partial charge in [0.25, 0.3) is 0 Å². The van der Waals surface area contributed by atoms with E-state index in [1.165, 1.54) is 6.92 Å². The summed E-state index contributed by atoms with van der Waals surface area (Å²) in [5, 5.41) is 1.80. The predicted molar refractivity (Wildman–Crippen MR) is 85.4 cm³/mol. The highest BCUT2D eigenvalue weighted by Crippen LogP contribution is 2.22. The summed E-state index contributed by atoms with van der Waals surface area (Å²) >= 11 is 0. The van der Waals surface area contributed by atoms with E-state index in [4.69, 9.17) is 9.47 Å². The number of benzene rings is 1. The third kappa shape index (κ3) is 3.37. The summed E-state index contributed by atoms with van der Waals surface area (Å²) in [5.41, 5.74) is 0.374. The number of aliphatic imine (C=N–C) groups is 1. The van der Waals surface area contributed by atoms with Crippen molar-refractivity contribution in [3.8, 4) is 0 Å². The number of amides is 2. The molecule has 0 N–H and O–H groups in total. The maximum absolute atomic E-state index is 12.7. The highest BCUT2D eigenvalue weighted by molar-refractivity contribution is 6.06. The predicted octanol–water partition coefficient (Wildman–Crippen LogP) is 2.46. The molecule has 0 saturated heterocycles. The van der Waals surface area contributed by atoms with Crippen molar-refractivity contribution in [1.82, 2.24) is 10.0 Å². The lowest BCUT2D eigenvalue weighted by molar-refractivity contribution is 0.0105. The zero-order valence-corrected chi connectivity index (χ0v) is 13.8. The van der Waals surface area contributed by atoms with Crippen molar-refractivity contribution in [2.75, 3.05) is 13.2 Å². The second kappa shape index (κ2) is 7.58. The smallest absolute Gasteiger partial charge is 0.435 e. The quantitative estimate of drug-likeness (QED) is 0.790. The molecule has 1 aromatic rings. The van der Waals surface area contributed by atoms with Crippen molar-refractivity contribution in [3.05, 3.63) is 35.9 Å². The van der Waals surface area contributed by atoms with E-state index in [1.54, 1.807) is 44.2 Å². The van der Waals surface area contributed by atoms with Crippen molar-refractivity contribution in [1.29, 1.82) is 0 Å². The number of hydrazine groups is 1. The molecule has 2 amide bonds. The van der Waals surface area contributed by atoms with Crippen LogP contribution in [-0.4, -0.2) is 53.2 Å². The number of nitrogens with zero attached hydrogens (tertiary/aromatic N) is 3. The van der Waals surface area contributed by atoms with Crippen LogP contribution in [0.15, 0.2) is 35.3 Å². The monoisotopic (exact) mass is 333 g/mol. The molecule has 2 rings (SSSR count). The third-order valence-electron chi connectivity index (χ3n) is 3.25. The number of ketones is 1. The van der Waals surface area contributed by atoms with Gasteiger partial charge < -0.3 is 9.47 Å². The average molecular weight is 333 g/mol. The summed E-state index contributed by atoms with van der Waals surface area (Å²) in [7, 11) is 0. The van der Waals surface area contributed by atoms with Crippen LogP contribution in [0.4, 0.5) is 9.59 Å². The summed E-state index contributed by atoms with van der Waals surface area (Å²) < 4.78 is 9.89. The van der Waals surface area contributed by atoms with Crippen LogP contribution in [-0.2, 0) is 9.47 Å². The Kier molecular flexibility index (Phi) is 5.51. The molecule has 0 saturated carbocycles. The van der Waals surface area contributed by atoms with E-state index in [0.29, 0.717) is 5.56 Å². The molecule has 0 bridgehead atoms. The SMILES string of the molecule is CCOC(=O)N1C(C)=NC(C(=O)c2ccccc2)N1C(=O)OCC. The lowest BCUT2D eigenvalue weighted by Gasteiger charge is -2.28. The molecule has 1 aliphatic heterocycles. The molecule has 0 spiro atoms. The van der Waals surface area contributed by atoms with Crippen LogP contribution in [0.1, 0.15) is 31.1 Å². The highest BCUT2D eigenvalue weighted by atomic mass is 16.6. The Morgan fingerprint density at radius 3 is 2.21 bits per heavy atom. The van der Waals surface area contributed by atoms with Crippen LogP contribution in [0.2, 0.25) is 0 Å². The molecule has 0 aliphatic carbocycles. The fourth-order valence-corrected chi connectivity index (χ4v) is 2.25. The zero-order valence-electron chi connectivity index (χ0n) is 13.8. The van der Waals surface area contributed by atoms with Crippen LogP contribution < -0.4 is 0 Å². The number of Topliss-reactive ketones (excluding diaryl/α,β-unsaturated/α-hetero) is 1. The number of carbonyl (C=O) groups excluding carboxylic acids is 3. The minimum Gasteiger partial charge on any atom is -0.448 e. The van der Waals surface area contributed by atoms with Gasteiger partial charge in [-0.3, -0.25) is 4.79 Å². The van der Waals surface area contributed by atoms with Crippen LogP contribution in [0.25, 0.3) is 0 Å². The molecule has 1 aliphatic rings. The maximum Gasteiger partial charge on any atom is 0.435 e. The lowest BCUT2D eigenvalue weighted by Crippen LogP contribution is -2.53. The van der Waals surface area contributed by atoms with Gasteiger partial charge >= 0.3 is 12.2 Å². The van der Waals surface area contributed by atoms with Gasteiger partial charge in [0.15, 0.2) is 0 Å². The van der Waals surface area contributed by atoms with Crippen LogP contribution in [0.5, 0.6) is 0 Å². The Morgan fingerprint density at radius 1 is 1.04 bits per heavy atom. The zero-order chi connectivity index (χ0) is 17.7. The van der Waals surface area contributed by atoms with Crippen molar-refractivity contribution in [2.45, 2.75) is 26.9 Å². The number of rotatable bonds is 4. The van der Waals surface area contributed by atoms with Gasteiger partial charge in [0.2, 0.25) is 11.9 Å². The van der Waals surface area contributed by atoms with Gasteiger partial charge in [0.05, 0.1) is 13.2 Å². The first-order valence-electron chi connectivity index (χ1n) is 7.57. The van der Waals surface area contributed by atoms with Gasteiger partial charge in [-0.05, 0) is 20.8 Å². The van der Waals surface area contributed by atoms with Gasteiger partial charge in [-0.15, -0.1) is 0 Å². The molecule has 0 fully saturated rings. The highest BCUT2D eigenvalue weighted by Gasteiger charge is 2.45. The number of hydrogen-bond donors (Lipinski definition) is 0. The summed E-state index contributed by atoms with van der Waals surface area (Å²) in [5.74, 6) is -0.245. The molecule has 1 heterocycles. The van der Waals surface area contributed by atoms with Gasteiger partial charge in [-0.1, -0.05) is 30.3 Å². The summed E-state index contributed by atoms with van der Waals surface area (Å²) in [6.45, 7) is 5.00. The molecule has 0 aromatic heterocycles. The normalized spacial score (nSPS) is 16.6. The van der Waals surface area contributed by atoms with E-state index in [0.717, 1.165) is 10.0 Å². The molecule has 128 valence electrons. The maximum atomic E-state index is 12.7. The van der Waals surface area contributed by atoms with Crippen molar-refractivity contribution in [2.24, 2.45) is 4.99 Å². The number of ether oxygens (including phenoxy) is 2.